The number of nitrogens with one attached hydrogen (secondary N) is 1. The van der Waals surface area contributed by atoms with Gasteiger partial charge in [0, 0.05) is 6.04 Å². The molecule has 18 heavy (non-hydrogen) atoms. The van der Waals surface area contributed by atoms with E-state index < -0.39 is 0 Å². The summed E-state index contributed by atoms with van der Waals surface area (Å²) in [7, 11) is 0. The molecule has 0 aliphatic heterocycles. The third-order valence-corrected chi connectivity index (χ3v) is 4.89. The highest BCUT2D eigenvalue weighted by atomic mass is 14.9. The van der Waals surface area contributed by atoms with Crippen molar-refractivity contribution in [1.29, 1.82) is 0 Å². The zero-order valence-electron chi connectivity index (χ0n) is 11.3. The van der Waals surface area contributed by atoms with Gasteiger partial charge < -0.3 is 5.32 Å². The van der Waals surface area contributed by atoms with Crippen LogP contribution in [0.15, 0.2) is 30.3 Å². The highest BCUT2D eigenvalue weighted by Gasteiger charge is 2.27. The fraction of sp³-hybridized carbons (Fsp3) is 0.647. The average molecular weight is 243 g/mol. The minimum atomic E-state index is 0.724. The summed E-state index contributed by atoms with van der Waals surface area (Å²) in [5.41, 5.74) is 1.54. The molecule has 0 amide bonds. The molecule has 1 heteroatoms. The molecular formula is C17H25N. The first-order valence-electron chi connectivity index (χ1n) is 7.72. The molecular weight excluding hydrogens is 218 g/mol. The Balaban J connectivity index is 1.62. The molecule has 2 aliphatic carbocycles. The molecule has 0 saturated heterocycles. The molecule has 98 valence electrons. The van der Waals surface area contributed by atoms with Gasteiger partial charge in [0.05, 0.1) is 0 Å². The maximum absolute atomic E-state index is 3.87. The standard InChI is InChI=1S/C17H25N/c1-2-9-15(10-3-1)16-11-4-5-12-17(16)18-13-14-7-6-8-14/h1-3,9-10,14,16-18H,4-8,11-13H2. The van der Waals surface area contributed by atoms with Gasteiger partial charge in [0.25, 0.3) is 0 Å². The van der Waals surface area contributed by atoms with Crippen LogP contribution in [0, 0.1) is 5.92 Å². The average Bonchev–Trinajstić information content (AvgIpc) is 2.39. The summed E-state index contributed by atoms with van der Waals surface area (Å²) in [5, 5.41) is 3.87. The van der Waals surface area contributed by atoms with E-state index in [4.69, 9.17) is 0 Å². The lowest BCUT2D eigenvalue weighted by Crippen LogP contribution is -2.41. The highest BCUT2D eigenvalue weighted by Crippen LogP contribution is 2.34. The van der Waals surface area contributed by atoms with E-state index in [9.17, 15) is 0 Å². The lowest BCUT2D eigenvalue weighted by molar-refractivity contribution is 0.256. The number of hydrogen-bond acceptors (Lipinski definition) is 1. The summed E-state index contributed by atoms with van der Waals surface area (Å²) in [6.45, 7) is 1.26. The highest BCUT2D eigenvalue weighted by molar-refractivity contribution is 5.22. The lowest BCUT2D eigenvalue weighted by atomic mass is 9.79. The Kier molecular flexibility index (Phi) is 3.99. The van der Waals surface area contributed by atoms with Gasteiger partial charge in [-0.05, 0) is 49.6 Å². The topological polar surface area (TPSA) is 12.0 Å². The third-order valence-electron chi connectivity index (χ3n) is 4.89. The summed E-state index contributed by atoms with van der Waals surface area (Å²) in [6, 6.07) is 11.9. The molecule has 2 unspecified atom stereocenters. The molecule has 1 N–H and O–H groups in total. The van der Waals surface area contributed by atoms with E-state index >= 15 is 0 Å². The van der Waals surface area contributed by atoms with Gasteiger partial charge in [-0.25, -0.2) is 0 Å². The monoisotopic (exact) mass is 243 g/mol. The second-order valence-corrected chi connectivity index (χ2v) is 6.11. The van der Waals surface area contributed by atoms with Gasteiger partial charge in [-0.15, -0.1) is 0 Å². The van der Waals surface area contributed by atoms with Crippen molar-refractivity contribution in [2.45, 2.75) is 56.9 Å². The largest absolute Gasteiger partial charge is 0.313 e. The van der Waals surface area contributed by atoms with E-state index in [1.807, 2.05) is 0 Å². The minimum Gasteiger partial charge on any atom is -0.313 e. The molecule has 1 nitrogen and oxygen atoms in total. The van der Waals surface area contributed by atoms with Crippen LogP contribution in [0.2, 0.25) is 0 Å². The fourth-order valence-electron chi connectivity index (χ4n) is 3.49. The van der Waals surface area contributed by atoms with Crippen LogP contribution in [0.5, 0.6) is 0 Å². The first kappa shape index (κ1) is 12.2. The lowest BCUT2D eigenvalue weighted by Gasteiger charge is -2.35. The van der Waals surface area contributed by atoms with Crippen molar-refractivity contribution in [3.63, 3.8) is 0 Å². The molecule has 1 aromatic carbocycles. The first-order chi connectivity index (χ1) is 8.93. The van der Waals surface area contributed by atoms with Crippen LogP contribution >= 0.6 is 0 Å². The Hall–Kier alpha value is -0.820. The van der Waals surface area contributed by atoms with Crippen molar-refractivity contribution in [2.75, 3.05) is 6.54 Å². The molecule has 2 aliphatic rings. The van der Waals surface area contributed by atoms with Crippen molar-refractivity contribution in [1.82, 2.24) is 5.32 Å². The van der Waals surface area contributed by atoms with Crippen molar-refractivity contribution < 1.29 is 0 Å². The third kappa shape index (κ3) is 2.77. The van der Waals surface area contributed by atoms with Crippen LogP contribution in [-0.2, 0) is 0 Å². The molecule has 0 spiro atoms. The summed E-state index contributed by atoms with van der Waals surface area (Å²) in [5.74, 6) is 1.73. The Bertz CT molecular complexity index is 355. The van der Waals surface area contributed by atoms with Gasteiger partial charge >= 0.3 is 0 Å². The SMILES string of the molecule is c1ccc(C2CCCCC2NCC2CCC2)cc1. The molecule has 2 atom stereocenters. The van der Waals surface area contributed by atoms with Crippen molar-refractivity contribution >= 4 is 0 Å². The summed E-state index contributed by atoms with van der Waals surface area (Å²) in [4.78, 5) is 0. The molecule has 0 aromatic heterocycles. The van der Waals surface area contributed by atoms with Crippen molar-refractivity contribution in [2.24, 2.45) is 5.92 Å². The van der Waals surface area contributed by atoms with E-state index in [1.165, 1.54) is 51.5 Å². The molecule has 0 heterocycles. The molecule has 0 radical (unpaired) electrons. The zero-order valence-corrected chi connectivity index (χ0v) is 11.3. The van der Waals surface area contributed by atoms with Gasteiger partial charge in [0.15, 0.2) is 0 Å². The van der Waals surface area contributed by atoms with E-state index in [1.54, 1.807) is 5.56 Å². The minimum absolute atomic E-state index is 0.724. The van der Waals surface area contributed by atoms with Crippen LogP contribution in [0.4, 0.5) is 0 Å². The van der Waals surface area contributed by atoms with Gasteiger partial charge in [0.2, 0.25) is 0 Å². The number of benzene rings is 1. The molecule has 3 rings (SSSR count). The van der Waals surface area contributed by atoms with Crippen LogP contribution in [0.3, 0.4) is 0 Å². The Morgan fingerprint density at radius 1 is 0.889 bits per heavy atom. The predicted octanol–water partition coefficient (Wildman–Crippen LogP) is 4.10. The Morgan fingerprint density at radius 2 is 1.67 bits per heavy atom. The number of rotatable bonds is 4. The molecule has 2 saturated carbocycles. The smallest absolute Gasteiger partial charge is 0.0136 e. The van der Waals surface area contributed by atoms with Gasteiger partial charge in [-0.3, -0.25) is 0 Å². The Morgan fingerprint density at radius 3 is 2.39 bits per heavy atom. The van der Waals surface area contributed by atoms with Gasteiger partial charge in [-0.2, -0.15) is 0 Å². The molecule has 0 bridgehead atoms. The van der Waals surface area contributed by atoms with Crippen LogP contribution in [0.1, 0.15) is 56.4 Å². The quantitative estimate of drug-likeness (QED) is 0.839. The fourth-order valence-corrected chi connectivity index (χ4v) is 3.49. The van der Waals surface area contributed by atoms with E-state index in [2.05, 4.69) is 35.6 Å². The second kappa shape index (κ2) is 5.88. The van der Waals surface area contributed by atoms with Crippen LogP contribution in [0.25, 0.3) is 0 Å². The maximum atomic E-state index is 3.87. The van der Waals surface area contributed by atoms with E-state index in [-0.39, 0.29) is 0 Å². The molecule has 2 fully saturated rings. The second-order valence-electron chi connectivity index (χ2n) is 6.11. The van der Waals surface area contributed by atoms with Crippen molar-refractivity contribution in [3.05, 3.63) is 35.9 Å². The van der Waals surface area contributed by atoms with Gasteiger partial charge in [0.1, 0.15) is 0 Å². The van der Waals surface area contributed by atoms with Crippen LogP contribution < -0.4 is 5.32 Å². The normalized spacial score (nSPS) is 28.9. The predicted molar refractivity (Wildman–Crippen MR) is 76.8 cm³/mol. The van der Waals surface area contributed by atoms with Gasteiger partial charge in [-0.1, -0.05) is 49.6 Å². The first-order valence-corrected chi connectivity index (χ1v) is 7.72. The van der Waals surface area contributed by atoms with Crippen molar-refractivity contribution in [3.8, 4) is 0 Å². The zero-order chi connectivity index (χ0) is 12.2. The summed E-state index contributed by atoms with van der Waals surface area (Å²) < 4.78 is 0. The maximum Gasteiger partial charge on any atom is 0.0136 e. The summed E-state index contributed by atoms with van der Waals surface area (Å²) in [6.07, 6.45) is 9.91. The Labute approximate surface area is 111 Å². The van der Waals surface area contributed by atoms with E-state index in [0.717, 1.165) is 17.9 Å². The van der Waals surface area contributed by atoms with E-state index in [0.29, 0.717) is 0 Å². The van der Waals surface area contributed by atoms with Crippen LogP contribution in [-0.4, -0.2) is 12.6 Å². The summed E-state index contributed by atoms with van der Waals surface area (Å²) >= 11 is 0. The number of hydrogen-bond donors (Lipinski definition) is 1. The molecule has 1 aromatic rings.